The number of hydrogen-bond donors (Lipinski definition) is 1. The van der Waals surface area contributed by atoms with Gasteiger partial charge in [-0.1, -0.05) is 26.8 Å². The predicted octanol–water partition coefficient (Wildman–Crippen LogP) is 4.37. The van der Waals surface area contributed by atoms with Crippen molar-refractivity contribution in [1.29, 1.82) is 0 Å². The normalized spacial score (nSPS) is 19.9. The van der Waals surface area contributed by atoms with Crippen LogP contribution in [0.5, 0.6) is 0 Å². The van der Waals surface area contributed by atoms with Gasteiger partial charge < -0.3 is 10.2 Å². The van der Waals surface area contributed by atoms with Gasteiger partial charge in [0.25, 0.3) is 0 Å². The summed E-state index contributed by atoms with van der Waals surface area (Å²) in [6.45, 7) is 13.6. The molecule has 2 rings (SSSR count). The van der Waals surface area contributed by atoms with Gasteiger partial charge in [0.1, 0.15) is 0 Å². The third-order valence-electron chi connectivity index (χ3n) is 4.97. The van der Waals surface area contributed by atoms with E-state index in [1.165, 1.54) is 49.2 Å². The van der Waals surface area contributed by atoms with Crippen molar-refractivity contribution in [3.05, 3.63) is 29.3 Å². The fourth-order valence-corrected chi connectivity index (χ4v) is 3.38. The molecule has 1 aromatic rings. The van der Waals surface area contributed by atoms with Crippen LogP contribution in [-0.2, 0) is 6.54 Å². The maximum atomic E-state index is 3.42. The van der Waals surface area contributed by atoms with Gasteiger partial charge in [-0.3, -0.25) is 0 Å². The molecule has 21 heavy (non-hydrogen) atoms. The van der Waals surface area contributed by atoms with Gasteiger partial charge in [0, 0.05) is 25.3 Å². The van der Waals surface area contributed by atoms with E-state index in [4.69, 9.17) is 0 Å². The van der Waals surface area contributed by atoms with Gasteiger partial charge in [0.15, 0.2) is 0 Å². The van der Waals surface area contributed by atoms with Gasteiger partial charge >= 0.3 is 0 Å². The molecule has 2 heteroatoms. The van der Waals surface area contributed by atoms with Crippen LogP contribution in [0.1, 0.15) is 51.2 Å². The highest BCUT2D eigenvalue weighted by molar-refractivity contribution is 5.51. The van der Waals surface area contributed by atoms with E-state index in [-0.39, 0.29) is 0 Å². The summed E-state index contributed by atoms with van der Waals surface area (Å²) in [4.78, 5) is 2.59. The minimum Gasteiger partial charge on any atom is -0.372 e. The molecule has 0 aromatic heterocycles. The number of hydrogen-bond acceptors (Lipinski definition) is 2. The van der Waals surface area contributed by atoms with E-state index in [0.29, 0.717) is 0 Å². The average Bonchev–Trinajstić information content (AvgIpc) is 2.72. The summed E-state index contributed by atoms with van der Waals surface area (Å²) in [5.41, 5.74) is 4.26. The summed E-state index contributed by atoms with van der Waals surface area (Å²) < 4.78 is 0. The van der Waals surface area contributed by atoms with Crippen molar-refractivity contribution in [1.82, 2.24) is 5.32 Å². The third kappa shape index (κ3) is 4.47. The summed E-state index contributed by atoms with van der Waals surface area (Å²) in [7, 11) is 0. The van der Waals surface area contributed by atoms with Gasteiger partial charge in [0.2, 0.25) is 0 Å². The van der Waals surface area contributed by atoms with E-state index in [9.17, 15) is 0 Å². The van der Waals surface area contributed by atoms with Gasteiger partial charge in [-0.25, -0.2) is 0 Å². The summed E-state index contributed by atoms with van der Waals surface area (Å²) in [6, 6.07) is 7.00. The lowest BCUT2D eigenvalue weighted by Gasteiger charge is -2.24. The number of rotatable bonds is 5. The minimum atomic E-state index is 0.828. The van der Waals surface area contributed by atoms with Crippen molar-refractivity contribution in [2.45, 2.75) is 53.5 Å². The van der Waals surface area contributed by atoms with Crippen molar-refractivity contribution in [2.75, 3.05) is 24.5 Å². The Kier molecular flexibility index (Phi) is 6.10. The zero-order valence-electron chi connectivity index (χ0n) is 14.3. The number of aryl methyl sites for hydroxylation is 1. The van der Waals surface area contributed by atoms with E-state index in [2.05, 4.69) is 56.1 Å². The van der Waals surface area contributed by atoms with Crippen molar-refractivity contribution in [3.63, 3.8) is 0 Å². The van der Waals surface area contributed by atoms with Crippen LogP contribution in [0.2, 0.25) is 0 Å². The molecule has 1 saturated heterocycles. The highest BCUT2D eigenvalue weighted by atomic mass is 15.1. The highest BCUT2D eigenvalue weighted by Gasteiger charge is 2.19. The molecule has 0 spiro atoms. The molecule has 0 amide bonds. The molecule has 1 N–H and O–H groups in total. The fraction of sp³-hybridized carbons (Fsp3) is 0.684. The Morgan fingerprint density at radius 3 is 2.71 bits per heavy atom. The molecule has 1 fully saturated rings. The Bertz CT molecular complexity index is 439. The molecule has 0 radical (unpaired) electrons. The Labute approximate surface area is 130 Å². The van der Waals surface area contributed by atoms with Gasteiger partial charge in [0.05, 0.1) is 0 Å². The second-order valence-electron chi connectivity index (χ2n) is 6.81. The van der Waals surface area contributed by atoms with Crippen LogP contribution in [0.3, 0.4) is 0 Å². The quantitative estimate of drug-likeness (QED) is 0.865. The summed E-state index contributed by atoms with van der Waals surface area (Å²) in [5, 5.41) is 3.42. The molecule has 0 bridgehead atoms. The molecule has 1 aromatic carbocycles. The number of nitrogens with one attached hydrogen (secondary N) is 1. The predicted molar refractivity (Wildman–Crippen MR) is 93.0 cm³/mol. The summed E-state index contributed by atoms with van der Waals surface area (Å²) in [6.07, 6.45) is 4.07. The lowest BCUT2D eigenvalue weighted by atomic mass is 9.89. The van der Waals surface area contributed by atoms with E-state index in [0.717, 1.165) is 24.9 Å². The number of nitrogens with zero attached hydrogens (tertiary/aromatic N) is 1. The molecular formula is C19H32N2. The molecule has 1 aliphatic rings. The van der Waals surface area contributed by atoms with E-state index >= 15 is 0 Å². The van der Waals surface area contributed by atoms with Crippen LogP contribution >= 0.6 is 0 Å². The summed E-state index contributed by atoms with van der Waals surface area (Å²) in [5.74, 6) is 1.73. The molecule has 0 saturated carbocycles. The molecule has 1 unspecified atom stereocenters. The first-order valence-corrected chi connectivity index (χ1v) is 8.67. The zero-order valence-corrected chi connectivity index (χ0v) is 14.3. The van der Waals surface area contributed by atoms with E-state index < -0.39 is 0 Å². The smallest absolute Gasteiger partial charge is 0.0369 e. The highest BCUT2D eigenvalue weighted by Crippen LogP contribution is 2.28. The topological polar surface area (TPSA) is 15.3 Å². The SMILES string of the molecule is CCNCc1ccc(N2CCCC(C(C)C)CC2)cc1C. The fourth-order valence-electron chi connectivity index (χ4n) is 3.38. The number of benzene rings is 1. The minimum absolute atomic E-state index is 0.828. The summed E-state index contributed by atoms with van der Waals surface area (Å²) >= 11 is 0. The van der Waals surface area contributed by atoms with Crippen molar-refractivity contribution >= 4 is 5.69 Å². The maximum absolute atomic E-state index is 3.42. The standard InChI is InChI=1S/C19H32N2/c1-5-20-14-18-8-9-19(13-16(18)4)21-11-6-7-17(10-12-21)15(2)3/h8-9,13,15,17,20H,5-7,10-12,14H2,1-4H3. The van der Waals surface area contributed by atoms with E-state index in [1.807, 2.05) is 0 Å². The van der Waals surface area contributed by atoms with Crippen molar-refractivity contribution in [2.24, 2.45) is 11.8 Å². The van der Waals surface area contributed by atoms with Crippen LogP contribution in [0.4, 0.5) is 5.69 Å². The zero-order chi connectivity index (χ0) is 15.2. The van der Waals surface area contributed by atoms with Gasteiger partial charge in [-0.05, 0) is 67.8 Å². The van der Waals surface area contributed by atoms with Gasteiger partial charge in [-0.2, -0.15) is 0 Å². The van der Waals surface area contributed by atoms with Gasteiger partial charge in [-0.15, -0.1) is 0 Å². The first-order chi connectivity index (χ1) is 10.1. The molecule has 1 atom stereocenters. The molecular weight excluding hydrogens is 256 g/mol. The van der Waals surface area contributed by atoms with Crippen molar-refractivity contribution in [3.8, 4) is 0 Å². The monoisotopic (exact) mass is 288 g/mol. The first-order valence-electron chi connectivity index (χ1n) is 8.67. The van der Waals surface area contributed by atoms with Crippen LogP contribution < -0.4 is 10.2 Å². The lowest BCUT2D eigenvalue weighted by molar-refractivity contribution is 0.351. The second kappa shape index (κ2) is 7.84. The second-order valence-corrected chi connectivity index (χ2v) is 6.81. The lowest BCUT2D eigenvalue weighted by Crippen LogP contribution is -2.24. The van der Waals surface area contributed by atoms with Crippen molar-refractivity contribution < 1.29 is 0 Å². The first kappa shape index (κ1) is 16.4. The Morgan fingerprint density at radius 2 is 2.05 bits per heavy atom. The Morgan fingerprint density at radius 1 is 1.24 bits per heavy atom. The van der Waals surface area contributed by atoms with Crippen LogP contribution in [0.25, 0.3) is 0 Å². The molecule has 1 aliphatic heterocycles. The average molecular weight is 288 g/mol. The van der Waals surface area contributed by atoms with E-state index in [1.54, 1.807) is 0 Å². The largest absolute Gasteiger partial charge is 0.372 e. The molecule has 0 aliphatic carbocycles. The molecule has 1 heterocycles. The van der Waals surface area contributed by atoms with Crippen LogP contribution in [0.15, 0.2) is 18.2 Å². The van der Waals surface area contributed by atoms with Crippen LogP contribution in [0, 0.1) is 18.8 Å². The molecule has 2 nitrogen and oxygen atoms in total. The third-order valence-corrected chi connectivity index (χ3v) is 4.97. The maximum Gasteiger partial charge on any atom is 0.0369 e. The number of anilines is 1. The Balaban J connectivity index is 2.03. The Hall–Kier alpha value is -1.02. The molecule has 118 valence electrons. The van der Waals surface area contributed by atoms with Crippen LogP contribution in [-0.4, -0.2) is 19.6 Å².